The first-order chi connectivity index (χ1) is 8.58. The predicted octanol–water partition coefficient (Wildman–Crippen LogP) is 2.37. The van der Waals surface area contributed by atoms with Crippen LogP contribution in [0.3, 0.4) is 0 Å². The number of hydrogen-bond acceptors (Lipinski definition) is 4. The number of benzene rings is 1. The molecule has 0 saturated carbocycles. The normalized spacial score (nSPS) is 12.0. The minimum atomic E-state index is -0.144. The zero-order valence-corrected chi connectivity index (χ0v) is 12.0. The molecule has 3 N–H and O–H groups in total. The third kappa shape index (κ3) is 4.40. The van der Waals surface area contributed by atoms with Gasteiger partial charge in [0.1, 0.15) is 5.75 Å². The van der Waals surface area contributed by atoms with Gasteiger partial charge in [-0.2, -0.15) is 0 Å². The molecule has 0 fully saturated rings. The number of carbonyl (C=O) groups excluding carboxylic acids is 1. The van der Waals surface area contributed by atoms with Gasteiger partial charge in [0.25, 0.3) is 0 Å². The lowest BCUT2D eigenvalue weighted by Crippen LogP contribution is -2.23. The van der Waals surface area contributed by atoms with Crippen LogP contribution in [0.15, 0.2) is 18.2 Å². The molecule has 0 aliphatic carbocycles. The number of ether oxygens (including phenoxy) is 1. The van der Waals surface area contributed by atoms with Gasteiger partial charge < -0.3 is 15.8 Å². The monoisotopic (exact) mass is 288 g/mol. The fourth-order valence-corrected chi connectivity index (χ4v) is 2.27. The SMILES string of the molecule is COc1ccc(NC(=O)C(C)SCCN)cc1Cl. The Kier molecular flexibility index (Phi) is 6.32. The number of hydrogen-bond donors (Lipinski definition) is 2. The van der Waals surface area contributed by atoms with Crippen LogP contribution < -0.4 is 15.8 Å². The van der Waals surface area contributed by atoms with E-state index in [0.29, 0.717) is 23.0 Å². The Morgan fingerprint density at radius 1 is 1.61 bits per heavy atom. The minimum Gasteiger partial charge on any atom is -0.495 e. The molecule has 4 nitrogen and oxygen atoms in total. The zero-order chi connectivity index (χ0) is 13.5. The summed E-state index contributed by atoms with van der Waals surface area (Å²) in [5.41, 5.74) is 6.06. The average Bonchev–Trinajstić information content (AvgIpc) is 2.36. The molecule has 0 spiro atoms. The maximum atomic E-state index is 11.8. The van der Waals surface area contributed by atoms with Crippen molar-refractivity contribution in [3.05, 3.63) is 23.2 Å². The van der Waals surface area contributed by atoms with Crippen LogP contribution in [0, 0.1) is 0 Å². The van der Waals surface area contributed by atoms with Crippen LogP contribution >= 0.6 is 23.4 Å². The first-order valence-electron chi connectivity index (χ1n) is 5.54. The molecule has 0 bridgehead atoms. The van der Waals surface area contributed by atoms with Crippen molar-refractivity contribution in [2.24, 2.45) is 5.73 Å². The van der Waals surface area contributed by atoms with E-state index in [1.807, 2.05) is 6.92 Å². The molecule has 0 aliphatic rings. The van der Waals surface area contributed by atoms with E-state index in [9.17, 15) is 4.79 Å². The van der Waals surface area contributed by atoms with Gasteiger partial charge in [-0.25, -0.2) is 0 Å². The van der Waals surface area contributed by atoms with Gasteiger partial charge in [-0.05, 0) is 25.1 Å². The Morgan fingerprint density at radius 3 is 2.89 bits per heavy atom. The maximum Gasteiger partial charge on any atom is 0.237 e. The molecule has 1 unspecified atom stereocenters. The molecular weight excluding hydrogens is 272 g/mol. The number of amides is 1. The van der Waals surface area contributed by atoms with Gasteiger partial charge in [-0.1, -0.05) is 11.6 Å². The topological polar surface area (TPSA) is 64.3 Å². The van der Waals surface area contributed by atoms with E-state index in [-0.39, 0.29) is 11.2 Å². The molecule has 6 heteroatoms. The Labute approximate surface area is 116 Å². The van der Waals surface area contributed by atoms with E-state index in [1.165, 1.54) is 11.8 Å². The van der Waals surface area contributed by atoms with Gasteiger partial charge in [0.05, 0.1) is 17.4 Å². The molecular formula is C12H17ClN2O2S. The summed E-state index contributed by atoms with van der Waals surface area (Å²) >= 11 is 7.50. The van der Waals surface area contributed by atoms with Gasteiger partial charge in [0.2, 0.25) is 5.91 Å². The minimum absolute atomic E-state index is 0.0605. The van der Waals surface area contributed by atoms with Crippen molar-refractivity contribution in [3.8, 4) is 5.75 Å². The molecule has 1 aromatic carbocycles. The van der Waals surface area contributed by atoms with Crippen LogP contribution in [0.4, 0.5) is 5.69 Å². The predicted molar refractivity (Wildman–Crippen MR) is 77.6 cm³/mol. The number of thioether (sulfide) groups is 1. The lowest BCUT2D eigenvalue weighted by molar-refractivity contribution is -0.115. The number of carbonyl (C=O) groups is 1. The highest BCUT2D eigenvalue weighted by Crippen LogP contribution is 2.27. The molecule has 1 aromatic rings. The van der Waals surface area contributed by atoms with Gasteiger partial charge in [0.15, 0.2) is 0 Å². The number of methoxy groups -OCH3 is 1. The molecule has 1 atom stereocenters. The lowest BCUT2D eigenvalue weighted by atomic mass is 10.3. The van der Waals surface area contributed by atoms with Crippen molar-refractivity contribution in [2.45, 2.75) is 12.2 Å². The van der Waals surface area contributed by atoms with Crippen LogP contribution in [0.25, 0.3) is 0 Å². The Bertz CT molecular complexity index is 415. The summed E-state index contributed by atoms with van der Waals surface area (Å²) in [6.07, 6.45) is 0. The molecule has 1 amide bonds. The van der Waals surface area contributed by atoms with Crippen molar-refractivity contribution < 1.29 is 9.53 Å². The number of rotatable bonds is 6. The van der Waals surface area contributed by atoms with E-state index < -0.39 is 0 Å². The quantitative estimate of drug-likeness (QED) is 0.843. The summed E-state index contributed by atoms with van der Waals surface area (Å²) in [7, 11) is 1.55. The van der Waals surface area contributed by atoms with E-state index in [0.717, 1.165) is 5.75 Å². The highest BCUT2D eigenvalue weighted by Gasteiger charge is 2.13. The van der Waals surface area contributed by atoms with Crippen LogP contribution in [0.1, 0.15) is 6.92 Å². The zero-order valence-electron chi connectivity index (χ0n) is 10.4. The molecule has 0 aliphatic heterocycles. The van der Waals surface area contributed by atoms with E-state index in [2.05, 4.69) is 5.32 Å². The molecule has 18 heavy (non-hydrogen) atoms. The van der Waals surface area contributed by atoms with Crippen molar-refractivity contribution in [1.82, 2.24) is 0 Å². The van der Waals surface area contributed by atoms with Crippen LogP contribution in [-0.2, 0) is 4.79 Å². The second-order valence-corrected chi connectivity index (χ2v) is 5.50. The van der Waals surface area contributed by atoms with Crippen molar-refractivity contribution in [2.75, 3.05) is 24.7 Å². The third-order valence-corrected chi connectivity index (χ3v) is 3.76. The number of nitrogens with one attached hydrogen (secondary N) is 1. The van der Waals surface area contributed by atoms with Crippen LogP contribution in [0.5, 0.6) is 5.75 Å². The summed E-state index contributed by atoms with van der Waals surface area (Å²) in [4.78, 5) is 11.8. The fourth-order valence-electron chi connectivity index (χ4n) is 1.31. The Morgan fingerprint density at radius 2 is 2.33 bits per heavy atom. The number of nitrogens with two attached hydrogens (primary N) is 1. The summed E-state index contributed by atoms with van der Waals surface area (Å²) in [6, 6.07) is 5.14. The smallest absolute Gasteiger partial charge is 0.237 e. The van der Waals surface area contributed by atoms with Gasteiger partial charge >= 0.3 is 0 Å². The summed E-state index contributed by atoms with van der Waals surface area (Å²) < 4.78 is 5.04. The van der Waals surface area contributed by atoms with Gasteiger partial charge in [0, 0.05) is 18.0 Å². The lowest BCUT2D eigenvalue weighted by Gasteiger charge is -2.12. The van der Waals surface area contributed by atoms with Gasteiger partial charge in [-0.15, -0.1) is 11.8 Å². The van der Waals surface area contributed by atoms with Crippen molar-refractivity contribution in [1.29, 1.82) is 0 Å². The van der Waals surface area contributed by atoms with E-state index in [1.54, 1.807) is 25.3 Å². The van der Waals surface area contributed by atoms with E-state index >= 15 is 0 Å². The summed E-state index contributed by atoms with van der Waals surface area (Å²) in [5.74, 6) is 1.28. The van der Waals surface area contributed by atoms with Crippen molar-refractivity contribution >= 4 is 35.0 Å². The highest BCUT2D eigenvalue weighted by molar-refractivity contribution is 8.00. The highest BCUT2D eigenvalue weighted by atomic mass is 35.5. The van der Waals surface area contributed by atoms with Crippen molar-refractivity contribution in [3.63, 3.8) is 0 Å². The summed E-state index contributed by atoms with van der Waals surface area (Å²) in [5, 5.41) is 3.13. The first kappa shape index (κ1) is 15.1. The molecule has 0 aromatic heterocycles. The largest absolute Gasteiger partial charge is 0.495 e. The maximum absolute atomic E-state index is 11.8. The third-order valence-electron chi connectivity index (χ3n) is 2.27. The Hall–Kier alpha value is -0.910. The summed E-state index contributed by atoms with van der Waals surface area (Å²) in [6.45, 7) is 2.41. The molecule has 0 radical (unpaired) electrons. The molecule has 0 saturated heterocycles. The second kappa shape index (κ2) is 7.51. The first-order valence-corrected chi connectivity index (χ1v) is 6.97. The van der Waals surface area contributed by atoms with Gasteiger partial charge in [-0.3, -0.25) is 4.79 Å². The van der Waals surface area contributed by atoms with Crippen LogP contribution in [0.2, 0.25) is 5.02 Å². The number of halogens is 1. The molecule has 1 rings (SSSR count). The number of anilines is 1. The standard InChI is InChI=1S/C12H17ClN2O2S/c1-8(18-6-5-14)12(16)15-9-3-4-11(17-2)10(13)7-9/h3-4,7-8H,5-6,14H2,1-2H3,(H,15,16). The fraction of sp³-hybridized carbons (Fsp3) is 0.417. The molecule has 0 heterocycles. The second-order valence-electron chi connectivity index (χ2n) is 3.64. The molecule has 100 valence electrons. The van der Waals surface area contributed by atoms with E-state index in [4.69, 9.17) is 22.1 Å². The average molecular weight is 289 g/mol. The van der Waals surface area contributed by atoms with Crippen LogP contribution in [-0.4, -0.2) is 30.6 Å². The Balaban J connectivity index is 2.61.